The minimum atomic E-state index is -1.29. The van der Waals surface area contributed by atoms with Crippen LogP contribution in [0, 0.1) is 11.2 Å². The lowest BCUT2D eigenvalue weighted by atomic mass is 9.87. The highest BCUT2D eigenvalue weighted by Gasteiger charge is 2.44. The molecule has 3 unspecified atom stereocenters. The zero-order chi connectivity index (χ0) is 14.0. The van der Waals surface area contributed by atoms with E-state index in [-0.39, 0.29) is 22.5 Å². The van der Waals surface area contributed by atoms with Gasteiger partial charge in [-0.05, 0) is 36.9 Å². The molecular formula is C15H22FNOS. The number of hydrogen-bond donors (Lipinski definition) is 1. The van der Waals surface area contributed by atoms with Crippen LogP contribution in [0.3, 0.4) is 0 Å². The average Bonchev–Trinajstić information content (AvgIpc) is 2.66. The average molecular weight is 283 g/mol. The normalized spacial score (nSPS) is 27.4. The first kappa shape index (κ1) is 14.7. The van der Waals surface area contributed by atoms with Crippen LogP contribution in [0.4, 0.5) is 4.39 Å². The van der Waals surface area contributed by atoms with E-state index in [9.17, 15) is 8.60 Å². The summed E-state index contributed by atoms with van der Waals surface area (Å²) < 4.78 is 26.5. The lowest BCUT2D eigenvalue weighted by Crippen LogP contribution is -2.46. The van der Waals surface area contributed by atoms with Gasteiger partial charge in [-0.3, -0.25) is 4.21 Å². The second kappa shape index (κ2) is 5.71. The fourth-order valence-corrected chi connectivity index (χ4v) is 4.81. The molecule has 1 saturated carbocycles. The smallest absolute Gasteiger partial charge is 0.139 e. The Hall–Kier alpha value is -0.740. The van der Waals surface area contributed by atoms with Gasteiger partial charge in [-0.25, -0.2) is 4.39 Å². The molecule has 1 aliphatic rings. The number of hydrogen-bond acceptors (Lipinski definition) is 2. The summed E-state index contributed by atoms with van der Waals surface area (Å²) in [6.45, 7) is 7.29. The molecular weight excluding hydrogens is 261 g/mol. The Morgan fingerprint density at radius 1 is 1.42 bits per heavy atom. The summed E-state index contributed by atoms with van der Waals surface area (Å²) in [4.78, 5) is 0.341. The fraction of sp³-hybridized carbons (Fsp3) is 0.600. The molecule has 4 heteroatoms. The standard InChI is InChI=1S/C15H22FNOS/c1-4-17-14-13(9-10-15(14,2)3)19(18)12-8-6-5-7-11(12)16/h5-8,13-14,17H,4,9-10H2,1-3H3. The molecule has 0 aliphatic heterocycles. The molecule has 1 aliphatic carbocycles. The Balaban J connectivity index is 2.26. The summed E-state index contributed by atoms with van der Waals surface area (Å²) in [5.74, 6) is -0.360. The van der Waals surface area contributed by atoms with E-state index >= 15 is 0 Å². The molecule has 0 bridgehead atoms. The second-order valence-corrected chi connectivity index (χ2v) is 7.47. The van der Waals surface area contributed by atoms with Gasteiger partial charge in [0.05, 0.1) is 20.9 Å². The molecule has 1 fully saturated rings. The summed E-state index contributed by atoms with van der Waals surface area (Å²) in [6.07, 6.45) is 1.90. The van der Waals surface area contributed by atoms with Crippen molar-refractivity contribution in [3.8, 4) is 0 Å². The van der Waals surface area contributed by atoms with E-state index in [1.165, 1.54) is 6.07 Å². The van der Waals surface area contributed by atoms with Crippen LogP contribution in [0.2, 0.25) is 0 Å². The molecule has 0 aromatic heterocycles. The first-order chi connectivity index (χ1) is 8.97. The number of rotatable bonds is 4. The van der Waals surface area contributed by atoms with Crippen molar-refractivity contribution in [3.63, 3.8) is 0 Å². The maximum absolute atomic E-state index is 13.8. The molecule has 3 atom stereocenters. The van der Waals surface area contributed by atoms with Crippen LogP contribution < -0.4 is 5.32 Å². The molecule has 2 rings (SSSR count). The Labute approximate surface area is 117 Å². The SMILES string of the molecule is CCNC1C(S(=O)c2ccccc2F)CCC1(C)C. The van der Waals surface area contributed by atoms with Gasteiger partial charge < -0.3 is 5.32 Å². The van der Waals surface area contributed by atoms with Crippen molar-refractivity contribution in [2.75, 3.05) is 6.54 Å². The van der Waals surface area contributed by atoms with E-state index in [4.69, 9.17) is 0 Å². The van der Waals surface area contributed by atoms with Crippen molar-refractivity contribution in [2.45, 2.75) is 49.8 Å². The minimum Gasteiger partial charge on any atom is -0.313 e. The molecule has 1 aromatic rings. The number of benzene rings is 1. The molecule has 0 heterocycles. The van der Waals surface area contributed by atoms with Crippen molar-refractivity contribution in [1.29, 1.82) is 0 Å². The van der Waals surface area contributed by atoms with E-state index in [0.29, 0.717) is 4.90 Å². The predicted octanol–water partition coefficient (Wildman–Crippen LogP) is 3.10. The molecule has 106 valence electrons. The predicted molar refractivity (Wildman–Crippen MR) is 77.1 cm³/mol. The highest BCUT2D eigenvalue weighted by atomic mass is 32.2. The summed E-state index contributed by atoms with van der Waals surface area (Å²) in [6, 6.07) is 6.59. The Kier molecular flexibility index (Phi) is 4.41. The summed E-state index contributed by atoms with van der Waals surface area (Å²) in [7, 11) is -1.29. The van der Waals surface area contributed by atoms with Crippen LogP contribution in [0.25, 0.3) is 0 Å². The van der Waals surface area contributed by atoms with E-state index in [1.807, 2.05) is 0 Å². The summed E-state index contributed by atoms with van der Waals surface area (Å²) in [5, 5.41) is 3.43. The molecule has 0 spiro atoms. The van der Waals surface area contributed by atoms with Crippen molar-refractivity contribution >= 4 is 10.8 Å². The number of nitrogens with one attached hydrogen (secondary N) is 1. The molecule has 0 radical (unpaired) electrons. The minimum absolute atomic E-state index is 0.00755. The quantitative estimate of drug-likeness (QED) is 0.920. The van der Waals surface area contributed by atoms with E-state index in [1.54, 1.807) is 18.2 Å². The van der Waals surface area contributed by atoms with Gasteiger partial charge in [0.25, 0.3) is 0 Å². The highest BCUT2D eigenvalue weighted by molar-refractivity contribution is 7.85. The molecule has 0 saturated heterocycles. The molecule has 1 N–H and O–H groups in total. The van der Waals surface area contributed by atoms with Crippen LogP contribution in [-0.2, 0) is 10.8 Å². The first-order valence-corrected chi connectivity index (χ1v) is 8.07. The van der Waals surface area contributed by atoms with Gasteiger partial charge in [0.1, 0.15) is 5.82 Å². The van der Waals surface area contributed by atoms with Crippen LogP contribution in [0.1, 0.15) is 33.6 Å². The third kappa shape index (κ3) is 2.90. The molecule has 1 aromatic carbocycles. The molecule has 2 nitrogen and oxygen atoms in total. The van der Waals surface area contributed by atoms with Gasteiger partial charge in [-0.1, -0.05) is 32.9 Å². The zero-order valence-corrected chi connectivity index (χ0v) is 12.6. The number of halogens is 1. The summed E-state index contributed by atoms with van der Waals surface area (Å²) >= 11 is 0. The summed E-state index contributed by atoms with van der Waals surface area (Å²) in [5.41, 5.74) is 0.113. The van der Waals surface area contributed by atoms with Gasteiger partial charge in [0, 0.05) is 6.04 Å². The highest BCUT2D eigenvalue weighted by Crippen LogP contribution is 2.41. The van der Waals surface area contributed by atoms with Crippen molar-refractivity contribution < 1.29 is 8.60 Å². The second-order valence-electron chi connectivity index (χ2n) is 5.83. The van der Waals surface area contributed by atoms with Crippen molar-refractivity contribution in [1.82, 2.24) is 5.32 Å². The topological polar surface area (TPSA) is 29.1 Å². The van der Waals surface area contributed by atoms with Crippen LogP contribution in [0.15, 0.2) is 29.2 Å². The van der Waals surface area contributed by atoms with Crippen molar-refractivity contribution in [3.05, 3.63) is 30.1 Å². The fourth-order valence-electron chi connectivity index (χ4n) is 2.97. The van der Waals surface area contributed by atoms with Gasteiger partial charge in [-0.2, -0.15) is 0 Å². The third-order valence-electron chi connectivity index (χ3n) is 4.04. The first-order valence-electron chi connectivity index (χ1n) is 6.86. The monoisotopic (exact) mass is 283 g/mol. The van der Waals surface area contributed by atoms with E-state index in [0.717, 1.165) is 19.4 Å². The van der Waals surface area contributed by atoms with Gasteiger partial charge in [0.15, 0.2) is 0 Å². The van der Waals surface area contributed by atoms with Gasteiger partial charge in [0.2, 0.25) is 0 Å². The van der Waals surface area contributed by atoms with E-state index < -0.39 is 10.8 Å². The Morgan fingerprint density at radius 3 is 2.74 bits per heavy atom. The van der Waals surface area contributed by atoms with Crippen LogP contribution in [-0.4, -0.2) is 22.0 Å². The maximum atomic E-state index is 13.8. The lowest BCUT2D eigenvalue weighted by Gasteiger charge is -2.31. The molecule has 0 amide bonds. The lowest BCUT2D eigenvalue weighted by molar-refractivity contribution is 0.289. The Morgan fingerprint density at radius 2 is 2.11 bits per heavy atom. The third-order valence-corrected chi connectivity index (χ3v) is 5.86. The largest absolute Gasteiger partial charge is 0.313 e. The van der Waals surface area contributed by atoms with E-state index in [2.05, 4.69) is 26.1 Å². The Bertz CT molecular complexity index is 475. The van der Waals surface area contributed by atoms with Gasteiger partial charge in [-0.15, -0.1) is 0 Å². The van der Waals surface area contributed by atoms with Crippen LogP contribution >= 0.6 is 0 Å². The zero-order valence-electron chi connectivity index (χ0n) is 11.8. The maximum Gasteiger partial charge on any atom is 0.139 e. The van der Waals surface area contributed by atoms with Crippen molar-refractivity contribution in [2.24, 2.45) is 5.41 Å². The molecule has 19 heavy (non-hydrogen) atoms. The van der Waals surface area contributed by atoms with Gasteiger partial charge >= 0.3 is 0 Å². The van der Waals surface area contributed by atoms with Crippen LogP contribution in [0.5, 0.6) is 0 Å².